The van der Waals surface area contributed by atoms with E-state index in [4.69, 9.17) is 0 Å². The summed E-state index contributed by atoms with van der Waals surface area (Å²) >= 11 is 0. The van der Waals surface area contributed by atoms with Gasteiger partial charge in [0.1, 0.15) is 6.61 Å². The third-order valence-corrected chi connectivity index (χ3v) is 2.26. The van der Waals surface area contributed by atoms with Crippen molar-refractivity contribution in [1.29, 1.82) is 0 Å². The molecule has 14 heavy (non-hydrogen) atoms. The molecule has 0 amide bonds. The van der Waals surface area contributed by atoms with Gasteiger partial charge in [-0.3, -0.25) is 4.79 Å². The van der Waals surface area contributed by atoms with Gasteiger partial charge in [0.25, 0.3) is 0 Å². The minimum absolute atomic E-state index is 0. The number of esters is 1. The molecule has 1 unspecified atom stereocenters. The fraction of sp³-hybridized carbons (Fsp3) is 0.857. The first-order valence-electron chi connectivity index (χ1n) is 3.97. The second-order valence-electron chi connectivity index (χ2n) is 2.74. The van der Waals surface area contributed by atoms with Crippen LogP contribution in [0.25, 0.3) is 0 Å². The van der Waals surface area contributed by atoms with Crippen LogP contribution in [0.4, 0.5) is 0 Å². The van der Waals surface area contributed by atoms with Crippen LogP contribution in [0.15, 0.2) is 0 Å². The van der Waals surface area contributed by atoms with Crippen LogP contribution in [0.3, 0.4) is 0 Å². The second kappa shape index (κ2) is 7.64. The van der Waals surface area contributed by atoms with Gasteiger partial charge in [-0.25, -0.2) is 8.42 Å². The molecular weight excluding hydrogens is 219 g/mol. The molecule has 0 aliphatic heterocycles. The normalized spacial score (nSPS) is 12.8. The standard InChI is InChI=1S/C7H14O5S.Na/c1-3-6(2)7(8)12-4-5-13(9,10)11;/h6H,3-5H2,1-2H3,(H,9,10,11);/q;+1/p-1. The predicted molar refractivity (Wildman–Crippen MR) is 45.0 cm³/mol. The zero-order valence-corrected chi connectivity index (χ0v) is 11.5. The minimum atomic E-state index is -4.28. The van der Waals surface area contributed by atoms with Crippen LogP contribution in [0.2, 0.25) is 0 Å². The van der Waals surface area contributed by atoms with Crippen molar-refractivity contribution in [1.82, 2.24) is 0 Å². The maximum Gasteiger partial charge on any atom is 1.00 e. The summed E-state index contributed by atoms with van der Waals surface area (Å²) in [5.74, 6) is -1.38. The molecule has 0 rings (SSSR count). The Morgan fingerprint density at radius 1 is 1.50 bits per heavy atom. The van der Waals surface area contributed by atoms with Crippen molar-refractivity contribution in [2.75, 3.05) is 12.4 Å². The molecule has 0 aromatic heterocycles. The number of hydrogen-bond donors (Lipinski definition) is 0. The molecule has 0 aromatic carbocycles. The van der Waals surface area contributed by atoms with Crippen LogP contribution >= 0.6 is 0 Å². The molecule has 78 valence electrons. The number of hydrogen-bond acceptors (Lipinski definition) is 5. The van der Waals surface area contributed by atoms with Gasteiger partial charge in [-0.05, 0) is 6.42 Å². The van der Waals surface area contributed by atoms with Gasteiger partial charge in [0, 0.05) is 0 Å². The molecule has 0 spiro atoms. The van der Waals surface area contributed by atoms with Crippen molar-refractivity contribution in [3.8, 4) is 0 Å². The Hall–Kier alpha value is 0.380. The van der Waals surface area contributed by atoms with Crippen molar-refractivity contribution in [2.45, 2.75) is 20.3 Å². The van der Waals surface area contributed by atoms with Crippen LogP contribution in [0.1, 0.15) is 20.3 Å². The quantitative estimate of drug-likeness (QED) is 0.289. The maximum atomic E-state index is 10.9. The molecule has 0 saturated heterocycles. The maximum absolute atomic E-state index is 10.9. The molecule has 0 fully saturated rings. The number of ether oxygens (including phenoxy) is 1. The third-order valence-electron chi connectivity index (χ3n) is 1.59. The Bertz CT molecular complexity index is 261. The molecule has 0 bridgehead atoms. The van der Waals surface area contributed by atoms with E-state index in [0.29, 0.717) is 6.42 Å². The third kappa shape index (κ3) is 8.96. The molecule has 7 heteroatoms. The molecule has 1 atom stereocenters. The van der Waals surface area contributed by atoms with Gasteiger partial charge in [-0.2, -0.15) is 0 Å². The van der Waals surface area contributed by atoms with Crippen LogP contribution in [-0.4, -0.2) is 31.3 Å². The molecule has 0 aromatic rings. The van der Waals surface area contributed by atoms with Gasteiger partial charge >= 0.3 is 35.5 Å². The van der Waals surface area contributed by atoms with E-state index in [1.54, 1.807) is 6.92 Å². The summed E-state index contributed by atoms with van der Waals surface area (Å²) in [7, 11) is -4.28. The van der Waals surface area contributed by atoms with Crippen molar-refractivity contribution in [2.24, 2.45) is 5.92 Å². The Kier molecular flexibility index (Phi) is 9.17. The summed E-state index contributed by atoms with van der Waals surface area (Å²) < 4.78 is 34.9. The zero-order chi connectivity index (χ0) is 10.5. The molecular formula is C7H13NaO5S. The van der Waals surface area contributed by atoms with Gasteiger partial charge < -0.3 is 9.29 Å². The second-order valence-corrected chi connectivity index (χ2v) is 4.26. The summed E-state index contributed by atoms with van der Waals surface area (Å²) in [6.45, 7) is 3.14. The van der Waals surface area contributed by atoms with E-state index in [2.05, 4.69) is 4.74 Å². The van der Waals surface area contributed by atoms with Gasteiger partial charge in [0.05, 0.1) is 21.8 Å². The van der Waals surface area contributed by atoms with Crippen LogP contribution in [0, 0.1) is 5.92 Å². The number of rotatable bonds is 5. The summed E-state index contributed by atoms with van der Waals surface area (Å²) in [6.07, 6.45) is 0.628. The van der Waals surface area contributed by atoms with E-state index in [1.165, 1.54) is 0 Å². The van der Waals surface area contributed by atoms with Crippen molar-refractivity contribution < 1.29 is 52.1 Å². The summed E-state index contributed by atoms with van der Waals surface area (Å²) in [5.41, 5.74) is 0. The average molecular weight is 232 g/mol. The monoisotopic (exact) mass is 232 g/mol. The first-order valence-corrected chi connectivity index (χ1v) is 5.54. The van der Waals surface area contributed by atoms with Gasteiger partial charge in [0.2, 0.25) is 0 Å². The summed E-state index contributed by atoms with van der Waals surface area (Å²) in [6, 6.07) is 0. The molecule has 0 radical (unpaired) electrons. The molecule has 0 aliphatic rings. The van der Waals surface area contributed by atoms with Crippen molar-refractivity contribution >= 4 is 16.1 Å². The molecule has 5 nitrogen and oxygen atoms in total. The van der Waals surface area contributed by atoms with Gasteiger partial charge in [0.15, 0.2) is 0 Å². The Labute approximate surface area is 106 Å². The molecule has 0 saturated carbocycles. The van der Waals surface area contributed by atoms with Crippen molar-refractivity contribution in [3.05, 3.63) is 0 Å². The van der Waals surface area contributed by atoms with E-state index in [-0.39, 0.29) is 42.1 Å². The average Bonchev–Trinajstić information content (AvgIpc) is 2.00. The van der Waals surface area contributed by atoms with Crippen LogP contribution in [0.5, 0.6) is 0 Å². The SMILES string of the molecule is CCC(C)C(=O)OCCS(=O)(=O)[O-].[Na+]. The largest absolute Gasteiger partial charge is 1.00 e. The fourth-order valence-electron chi connectivity index (χ4n) is 0.553. The van der Waals surface area contributed by atoms with Gasteiger partial charge in [-0.1, -0.05) is 13.8 Å². The first-order chi connectivity index (χ1) is 5.87. The van der Waals surface area contributed by atoms with E-state index in [9.17, 15) is 17.8 Å². The fourth-order valence-corrected chi connectivity index (χ4v) is 0.841. The molecule has 0 aliphatic carbocycles. The molecule has 0 heterocycles. The van der Waals surface area contributed by atoms with Crippen LogP contribution in [-0.2, 0) is 19.6 Å². The Balaban J connectivity index is 0. The molecule has 0 N–H and O–H groups in total. The van der Waals surface area contributed by atoms with E-state index < -0.39 is 21.8 Å². The summed E-state index contributed by atoms with van der Waals surface area (Å²) in [5, 5.41) is 0. The van der Waals surface area contributed by atoms with Crippen molar-refractivity contribution in [3.63, 3.8) is 0 Å². The van der Waals surface area contributed by atoms with E-state index in [0.717, 1.165) is 0 Å². The number of carbonyl (C=O) groups is 1. The topological polar surface area (TPSA) is 83.5 Å². The zero-order valence-electron chi connectivity index (χ0n) is 8.65. The van der Waals surface area contributed by atoms with Crippen LogP contribution < -0.4 is 29.6 Å². The predicted octanol–water partition coefficient (Wildman–Crippen LogP) is -2.88. The minimum Gasteiger partial charge on any atom is -0.748 e. The van der Waals surface area contributed by atoms with Gasteiger partial charge in [-0.15, -0.1) is 0 Å². The Morgan fingerprint density at radius 2 is 2.00 bits per heavy atom. The Morgan fingerprint density at radius 3 is 2.36 bits per heavy atom. The first kappa shape index (κ1) is 16.8. The van der Waals surface area contributed by atoms with E-state index >= 15 is 0 Å². The number of carbonyl (C=O) groups excluding carboxylic acids is 1. The summed E-state index contributed by atoms with van der Waals surface area (Å²) in [4.78, 5) is 10.9. The van der Waals surface area contributed by atoms with E-state index in [1.807, 2.05) is 6.92 Å². The smallest absolute Gasteiger partial charge is 0.748 e.